The third kappa shape index (κ3) is 4.48. The Morgan fingerprint density at radius 3 is 1.76 bits per heavy atom. The summed E-state index contributed by atoms with van der Waals surface area (Å²) in [6.07, 6.45) is 0. The smallest absolute Gasteiger partial charge is 0.240 e. The monoisotopic (exact) mass is 335 g/mol. The van der Waals surface area contributed by atoms with Gasteiger partial charge >= 0.3 is 0 Å². The Labute approximate surface area is 126 Å². The Hall–Kier alpha value is -1.00. The van der Waals surface area contributed by atoms with E-state index < -0.39 is 20.0 Å². The fourth-order valence-electron chi connectivity index (χ4n) is 1.64. The van der Waals surface area contributed by atoms with Crippen LogP contribution in [-0.2, 0) is 20.0 Å². The van der Waals surface area contributed by atoms with Crippen LogP contribution in [-0.4, -0.2) is 36.5 Å². The van der Waals surface area contributed by atoms with Crippen LogP contribution in [0.3, 0.4) is 0 Å². The molecule has 21 heavy (non-hydrogen) atoms. The Bertz CT molecular complexity index is 667. The summed E-state index contributed by atoms with van der Waals surface area (Å²) in [5.41, 5.74) is 5.54. The average Bonchev–Trinajstić information content (AvgIpc) is 2.44. The van der Waals surface area contributed by atoms with Crippen molar-refractivity contribution in [2.24, 2.45) is 11.7 Å². The number of hydrogen-bond acceptors (Lipinski definition) is 5. The second kappa shape index (κ2) is 6.84. The summed E-state index contributed by atoms with van der Waals surface area (Å²) in [5.74, 6) is 0.0497. The first-order valence-corrected chi connectivity index (χ1v) is 9.36. The first kappa shape index (κ1) is 18.1. The highest BCUT2D eigenvalue weighted by atomic mass is 32.2. The molecule has 0 fully saturated rings. The van der Waals surface area contributed by atoms with Gasteiger partial charge in [-0.15, -0.1) is 0 Å². The van der Waals surface area contributed by atoms with Crippen LogP contribution >= 0.6 is 0 Å². The van der Waals surface area contributed by atoms with Gasteiger partial charge in [-0.3, -0.25) is 0 Å². The van der Waals surface area contributed by atoms with Crippen LogP contribution < -0.4 is 15.2 Å². The molecule has 0 radical (unpaired) electrons. The molecule has 0 saturated carbocycles. The lowest BCUT2D eigenvalue weighted by Gasteiger charge is -2.20. The molecule has 1 rings (SSSR count). The van der Waals surface area contributed by atoms with Crippen LogP contribution in [0.5, 0.6) is 0 Å². The first-order chi connectivity index (χ1) is 9.64. The van der Waals surface area contributed by atoms with E-state index in [4.69, 9.17) is 5.73 Å². The highest BCUT2D eigenvalue weighted by Crippen LogP contribution is 2.15. The zero-order valence-corrected chi connectivity index (χ0v) is 13.8. The van der Waals surface area contributed by atoms with Gasteiger partial charge in [-0.2, -0.15) is 0 Å². The molecule has 1 aromatic carbocycles. The maximum absolute atomic E-state index is 12.2. The van der Waals surface area contributed by atoms with E-state index in [1.807, 2.05) is 13.8 Å². The largest absolute Gasteiger partial charge is 0.329 e. The Kier molecular flexibility index (Phi) is 5.88. The molecular formula is C12H21N3O4S2. The molecule has 0 bridgehead atoms. The molecule has 0 aliphatic heterocycles. The predicted molar refractivity (Wildman–Crippen MR) is 80.7 cm³/mol. The molecule has 9 heteroatoms. The average molecular weight is 335 g/mol. The van der Waals surface area contributed by atoms with E-state index in [9.17, 15) is 16.8 Å². The second-order valence-electron chi connectivity index (χ2n) is 4.89. The van der Waals surface area contributed by atoms with E-state index in [-0.39, 0.29) is 28.3 Å². The Balaban J connectivity index is 3.06. The molecule has 0 aliphatic carbocycles. The van der Waals surface area contributed by atoms with Crippen molar-refractivity contribution in [3.05, 3.63) is 24.3 Å². The molecule has 4 N–H and O–H groups in total. The lowest BCUT2D eigenvalue weighted by molar-refractivity contribution is 0.455. The number of nitrogens with two attached hydrogens (primary N) is 1. The predicted octanol–water partition coefficient (Wildman–Crippen LogP) is -0.144. The van der Waals surface area contributed by atoms with Gasteiger partial charge in [-0.05, 0) is 37.2 Å². The molecule has 1 atom stereocenters. The quantitative estimate of drug-likeness (QED) is 0.641. The van der Waals surface area contributed by atoms with Gasteiger partial charge in [-0.1, -0.05) is 13.8 Å². The van der Waals surface area contributed by atoms with E-state index in [2.05, 4.69) is 9.44 Å². The van der Waals surface area contributed by atoms with Gasteiger partial charge in [-0.25, -0.2) is 26.3 Å². The standard InChI is InChI=1S/C12H21N3O4S2/c1-9(2)12(8-13)15-21(18,19)11-6-4-10(5-7-11)20(16,17)14-3/h4-7,9,12,14-15H,8,13H2,1-3H3. The van der Waals surface area contributed by atoms with Gasteiger partial charge in [0.2, 0.25) is 20.0 Å². The number of sulfonamides is 2. The molecule has 120 valence electrons. The third-order valence-corrected chi connectivity index (χ3v) is 6.01. The molecule has 0 saturated heterocycles. The van der Waals surface area contributed by atoms with Crippen molar-refractivity contribution in [2.75, 3.05) is 13.6 Å². The van der Waals surface area contributed by atoms with Crippen molar-refractivity contribution >= 4 is 20.0 Å². The Morgan fingerprint density at radius 1 is 1.00 bits per heavy atom. The molecular weight excluding hydrogens is 314 g/mol. The fourth-order valence-corrected chi connectivity index (χ4v) is 3.77. The van der Waals surface area contributed by atoms with Gasteiger partial charge in [0.05, 0.1) is 9.79 Å². The minimum Gasteiger partial charge on any atom is -0.329 e. The van der Waals surface area contributed by atoms with E-state index >= 15 is 0 Å². The van der Waals surface area contributed by atoms with Gasteiger partial charge < -0.3 is 5.73 Å². The molecule has 0 spiro atoms. The zero-order chi connectivity index (χ0) is 16.3. The lowest BCUT2D eigenvalue weighted by atomic mass is 10.1. The minimum atomic E-state index is -3.73. The van der Waals surface area contributed by atoms with Crippen molar-refractivity contribution < 1.29 is 16.8 Å². The van der Waals surface area contributed by atoms with Gasteiger partial charge in [0.1, 0.15) is 0 Å². The van der Waals surface area contributed by atoms with E-state index in [1.54, 1.807) is 0 Å². The zero-order valence-electron chi connectivity index (χ0n) is 12.2. The highest BCUT2D eigenvalue weighted by Gasteiger charge is 2.22. The van der Waals surface area contributed by atoms with Crippen molar-refractivity contribution in [1.82, 2.24) is 9.44 Å². The van der Waals surface area contributed by atoms with Crippen molar-refractivity contribution in [1.29, 1.82) is 0 Å². The molecule has 1 aromatic rings. The maximum atomic E-state index is 12.2. The van der Waals surface area contributed by atoms with Crippen molar-refractivity contribution in [2.45, 2.75) is 29.7 Å². The van der Waals surface area contributed by atoms with Gasteiger partial charge in [0.25, 0.3) is 0 Å². The Morgan fingerprint density at radius 2 is 1.43 bits per heavy atom. The third-order valence-electron chi connectivity index (χ3n) is 3.08. The molecule has 0 amide bonds. The summed E-state index contributed by atoms with van der Waals surface area (Å²) < 4.78 is 52.3. The lowest BCUT2D eigenvalue weighted by Crippen LogP contribution is -2.43. The van der Waals surface area contributed by atoms with Crippen LogP contribution in [0, 0.1) is 5.92 Å². The molecule has 1 unspecified atom stereocenters. The summed E-state index contributed by atoms with van der Waals surface area (Å²) in [4.78, 5) is -0.000150. The van der Waals surface area contributed by atoms with Crippen LogP contribution in [0.2, 0.25) is 0 Å². The molecule has 7 nitrogen and oxygen atoms in total. The first-order valence-electron chi connectivity index (χ1n) is 6.40. The molecule has 0 heterocycles. The van der Waals surface area contributed by atoms with E-state index in [0.29, 0.717) is 0 Å². The SMILES string of the molecule is CNS(=O)(=O)c1ccc(S(=O)(=O)NC(CN)C(C)C)cc1. The number of rotatable bonds is 7. The topological polar surface area (TPSA) is 118 Å². The van der Waals surface area contributed by atoms with Crippen LogP contribution in [0.15, 0.2) is 34.1 Å². The van der Waals surface area contributed by atoms with Crippen LogP contribution in [0.1, 0.15) is 13.8 Å². The number of hydrogen-bond donors (Lipinski definition) is 3. The van der Waals surface area contributed by atoms with Gasteiger partial charge in [0, 0.05) is 12.6 Å². The summed E-state index contributed by atoms with van der Waals surface area (Å²) in [6.45, 7) is 3.91. The summed E-state index contributed by atoms with van der Waals surface area (Å²) >= 11 is 0. The van der Waals surface area contributed by atoms with Crippen LogP contribution in [0.25, 0.3) is 0 Å². The normalized spacial score (nSPS) is 14.3. The second-order valence-corrected chi connectivity index (χ2v) is 8.49. The summed E-state index contributed by atoms with van der Waals surface area (Å²) in [6, 6.07) is 4.61. The molecule has 0 aromatic heterocycles. The van der Waals surface area contributed by atoms with Crippen molar-refractivity contribution in [3.63, 3.8) is 0 Å². The summed E-state index contributed by atoms with van der Waals surface area (Å²) in [5, 5.41) is 0. The van der Waals surface area contributed by atoms with Crippen LogP contribution in [0.4, 0.5) is 0 Å². The highest BCUT2D eigenvalue weighted by molar-refractivity contribution is 7.90. The fraction of sp³-hybridized carbons (Fsp3) is 0.500. The van der Waals surface area contributed by atoms with E-state index in [0.717, 1.165) is 0 Å². The summed E-state index contributed by atoms with van der Waals surface area (Å²) in [7, 11) is -6.03. The number of benzene rings is 1. The minimum absolute atomic E-state index is 0.00295. The van der Waals surface area contributed by atoms with E-state index in [1.165, 1.54) is 31.3 Å². The number of nitrogens with one attached hydrogen (secondary N) is 2. The van der Waals surface area contributed by atoms with Gasteiger partial charge in [0.15, 0.2) is 0 Å². The van der Waals surface area contributed by atoms with Crippen molar-refractivity contribution in [3.8, 4) is 0 Å². The molecule has 0 aliphatic rings. The maximum Gasteiger partial charge on any atom is 0.240 e.